The van der Waals surface area contributed by atoms with Crippen LogP contribution in [-0.2, 0) is 12.8 Å². The van der Waals surface area contributed by atoms with Crippen molar-refractivity contribution >= 4 is 0 Å². The van der Waals surface area contributed by atoms with Crippen LogP contribution in [0.5, 0.6) is 11.5 Å². The van der Waals surface area contributed by atoms with E-state index in [0.29, 0.717) is 23.3 Å². The quantitative estimate of drug-likeness (QED) is 0.548. The summed E-state index contributed by atoms with van der Waals surface area (Å²) in [6, 6.07) is 0. The number of hydrogen-bond acceptors (Lipinski definition) is 2. The molecule has 2 N–H and O–H groups in total. The highest BCUT2D eigenvalue weighted by Gasteiger charge is 2.40. The first-order valence-electron chi connectivity index (χ1n) is 7.01. The van der Waals surface area contributed by atoms with Gasteiger partial charge in [0.15, 0.2) is 0 Å². The van der Waals surface area contributed by atoms with Gasteiger partial charge in [0.25, 0.3) is 0 Å². The number of benzene rings is 1. The average molecular weight is 254 g/mol. The maximum atomic E-state index is 10.6. The van der Waals surface area contributed by atoms with Crippen molar-refractivity contribution in [3.63, 3.8) is 0 Å². The van der Waals surface area contributed by atoms with Gasteiger partial charge in [-0.15, -0.1) is 0 Å². The van der Waals surface area contributed by atoms with Crippen LogP contribution in [-0.4, -0.2) is 10.2 Å². The third-order valence-electron chi connectivity index (χ3n) is 5.17. The molecule has 0 radical (unpaired) electrons. The van der Waals surface area contributed by atoms with Gasteiger partial charge in [-0.25, -0.2) is 0 Å². The molecule has 0 heterocycles. The van der Waals surface area contributed by atoms with E-state index in [-0.39, 0.29) is 0 Å². The van der Waals surface area contributed by atoms with Gasteiger partial charge in [0.05, 0.1) is 0 Å². The number of rotatable bonds is 0. The van der Waals surface area contributed by atoms with E-state index >= 15 is 0 Å². The van der Waals surface area contributed by atoms with Crippen molar-refractivity contribution in [2.45, 2.75) is 44.9 Å². The largest absolute Gasteiger partial charge is 0.507 e. The Labute approximate surface area is 113 Å². The van der Waals surface area contributed by atoms with Gasteiger partial charge in [-0.1, -0.05) is 23.3 Å². The fourth-order valence-electron chi connectivity index (χ4n) is 3.96. The third-order valence-corrected chi connectivity index (χ3v) is 5.17. The Hall–Kier alpha value is -1.70. The molecule has 98 valence electrons. The van der Waals surface area contributed by atoms with Crippen molar-refractivity contribution in [1.29, 1.82) is 0 Å². The van der Waals surface area contributed by atoms with Crippen LogP contribution in [0.15, 0.2) is 23.3 Å². The number of fused-ring (bicyclic) bond motifs is 6. The lowest BCUT2D eigenvalue weighted by atomic mass is 9.81. The Balaban J connectivity index is 2.00. The molecule has 0 amide bonds. The van der Waals surface area contributed by atoms with Gasteiger partial charge >= 0.3 is 0 Å². The van der Waals surface area contributed by atoms with E-state index in [1.54, 1.807) is 0 Å². The fourth-order valence-corrected chi connectivity index (χ4v) is 3.96. The molecule has 2 atom stereocenters. The maximum absolute atomic E-state index is 10.6. The standard InChI is InChI=1S/C17H18O2/c1-8-5-12-13(6-9(8)2)17(19)15-11-4-3-10(7-11)14(15)16(12)18/h3-4,10-11,18-19H,5-7H2,1-2H3. The molecule has 19 heavy (non-hydrogen) atoms. The van der Waals surface area contributed by atoms with E-state index in [1.807, 2.05) is 0 Å². The number of aromatic hydroxyl groups is 2. The number of phenolic OH excluding ortho intramolecular Hbond substituents is 2. The highest BCUT2D eigenvalue weighted by Crippen LogP contribution is 2.57. The summed E-state index contributed by atoms with van der Waals surface area (Å²) < 4.78 is 0. The van der Waals surface area contributed by atoms with Gasteiger partial charge in [-0.3, -0.25) is 0 Å². The first-order chi connectivity index (χ1) is 9.08. The monoisotopic (exact) mass is 254 g/mol. The van der Waals surface area contributed by atoms with Crippen molar-refractivity contribution in [3.8, 4) is 11.5 Å². The van der Waals surface area contributed by atoms with Crippen molar-refractivity contribution < 1.29 is 10.2 Å². The molecule has 1 aromatic carbocycles. The molecule has 2 unspecified atom stereocenters. The lowest BCUT2D eigenvalue weighted by molar-refractivity contribution is 0.439. The van der Waals surface area contributed by atoms with Gasteiger partial charge < -0.3 is 10.2 Å². The van der Waals surface area contributed by atoms with Gasteiger partial charge in [0.1, 0.15) is 11.5 Å². The summed E-state index contributed by atoms with van der Waals surface area (Å²) in [5, 5.41) is 21.3. The highest BCUT2D eigenvalue weighted by atomic mass is 16.3. The van der Waals surface area contributed by atoms with Crippen LogP contribution in [0.25, 0.3) is 0 Å². The van der Waals surface area contributed by atoms with Crippen molar-refractivity contribution in [2.24, 2.45) is 0 Å². The summed E-state index contributed by atoms with van der Waals surface area (Å²) in [7, 11) is 0. The molecule has 1 aromatic rings. The molecule has 2 bridgehead atoms. The van der Waals surface area contributed by atoms with E-state index in [0.717, 1.165) is 41.5 Å². The van der Waals surface area contributed by atoms with Crippen LogP contribution in [0.3, 0.4) is 0 Å². The summed E-state index contributed by atoms with van der Waals surface area (Å²) in [6.07, 6.45) is 6.92. The molecule has 4 rings (SSSR count). The van der Waals surface area contributed by atoms with Gasteiger partial charge in [0, 0.05) is 34.1 Å². The molecule has 3 aliphatic carbocycles. The minimum atomic E-state index is 0.309. The third kappa shape index (κ3) is 1.27. The van der Waals surface area contributed by atoms with Crippen LogP contribution in [0.4, 0.5) is 0 Å². The van der Waals surface area contributed by atoms with Crippen LogP contribution >= 0.6 is 0 Å². The van der Waals surface area contributed by atoms with Crippen molar-refractivity contribution in [1.82, 2.24) is 0 Å². The van der Waals surface area contributed by atoms with E-state index in [1.165, 1.54) is 11.1 Å². The minimum absolute atomic E-state index is 0.309. The zero-order chi connectivity index (χ0) is 13.3. The molecular formula is C17H18O2. The normalized spacial score (nSPS) is 26.8. The van der Waals surface area contributed by atoms with E-state index < -0.39 is 0 Å². The average Bonchev–Trinajstić information content (AvgIpc) is 2.99. The zero-order valence-electron chi connectivity index (χ0n) is 11.3. The molecule has 0 saturated carbocycles. The Morgan fingerprint density at radius 3 is 1.68 bits per heavy atom. The van der Waals surface area contributed by atoms with Gasteiger partial charge in [-0.2, -0.15) is 0 Å². The first kappa shape index (κ1) is 11.2. The smallest absolute Gasteiger partial charge is 0.123 e. The summed E-state index contributed by atoms with van der Waals surface area (Å²) in [5.74, 6) is 1.52. The molecule has 0 aliphatic heterocycles. The van der Waals surface area contributed by atoms with Crippen LogP contribution in [0, 0.1) is 0 Å². The lowest BCUT2D eigenvalue weighted by Gasteiger charge is -2.26. The maximum Gasteiger partial charge on any atom is 0.123 e. The molecule has 3 aliphatic rings. The second kappa shape index (κ2) is 3.44. The first-order valence-corrected chi connectivity index (χ1v) is 7.01. The SMILES string of the molecule is CC1=C(C)Cc2c(O)c3c(c(O)c2C1)C1C=CC3C1. The fraction of sp³-hybridized carbons (Fsp3) is 0.412. The number of phenols is 2. The van der Waals surface area contributed by atoms with Crippen LogP contribution in [0.2, 0.25) is 0 Å². The van der Waals surface area contributed by atoms with E-state index in [9.17, 15) is 10.2 Å². The Kier molecular flexibility index (Phi) is 2.02. The summed E-state index contributed by atoms with van der Waals surface area (Å²) >= 11 is 0. The van der Waals surface area contributed by atoms with Gasteiger partial charge in [0.2, 0.25) is 0 Å². The van der Waals surface area contributed by atoms with E-state index in [4.69, 9.17) is 0 Å². The zero-order valence-corrected chi connectivity index (χ0v) is 11.3. The molecule has 2 heteroatoms. The summed E-state index contributed by atoms with van der Waals surface area (Å²) in [5.41, 5.74) is 6.55. The van der Waals surface area contributed by atoms with Crippen molar-refractivity contribution in [3.05, 3.63) is 45.6 Å². The number of allylic oxidation sites excluding steroid dienone is 4. The molecule has 0 spiro atoms. The summed E-state index contributed by atoms with van der Waals surface area (Å²) in [6.45, 7) is 4.24. The highest BCUT2D eigenvalue weighted by molar-refractivity contribution is 5.68. The van der Waals surface area contributed by atoms with Gasteiger partial charge in [-0.05, 0) is 33.1 Å². The van der Waals surface area contributed by atoms with Crippen LogP contribution < -0.4 is 0 Å². The predicted octanol–water partition coefficient (Wildman–Crippen LogP) is 3.67. The Morgan fingerprint density at radius 1 is 0.842 bits per heavy atom. The van der Waals surface area contributed by atoms with Crippen LogP contribution in [0.1, 0.15) is 54.4 Å². The predicted molar refractivity (Wildman–Crippen MR) is 74.8 cm³/mol. The number of hydrogen-bond donors (Lipinski definition) is 2. The Morgan fingerprint density at radius 2 is 1.26 bits per heavy atom. The second-order valence-electron chi connectivity index (χ2n) is 6.23. The van der Waals surface area contributed by atoms with E-state index in [2.05, 4.69) is 26.0 Å². The molecular weight excluding hydrogens is 236 g/mol. The lowest BCUT2D eigenvalue weighted by Crippen LogP contribution is -2.10. The molecule has 0 aromatic heterocycles. The van der Waals surface area contributed by atoms with Crippen molar-refractivity contribution in [2.75, 3.05) is 0 Å². The topological polar surface area (TPSA) is 40.5 Å². The Bertz CT molecular complexity index is 610. The molecule has 0 saturated heterocycles. The minimum Gasteiger partial charge on any atom is -0.507 e. The second-order valence-corrected chi connectivity index (χ2v) is 6.23. The summed E-state index contributed by atoms with van der Waals surface area (Å²) in [4.78, 5) is 0. The molecule has 2 nitrogen and oxygen atoms in total. The molecule has 0 fully saturated rings.